The zero-order valence-corrected chi connectivity index (χ0v) is 9.67. The SMILES string of the molecule is CCCC1C=CNC(C)=C1C(=O)OCC. The van der Waals surface area contributed by atoms with Gasteiger partial charge in [0.25, 0.3) is 0 Å². The van der Waals surface area contributed by atoms with E-state index in [-0.39, 0.29) is 11.9 Å². The first kappa shape index (κ1) is 11.8. The lowest BCUT2D eigenvalue weighted by molar-refractivity contribution is -0.139. The van der Waals surface area contributed by atoms with Crippen LogP contribution in [0.2, 0.25) is 0 Å². The largest absolute Gasteiger partial charge is 0.463 e. The molecule has 0 aromatic rings. The van der Waals surface area contributed by atoms with Crippen molar-refractivity contribution in [2.45, 2.75) is 33.6 Å². The van der Waals surface area contributed by atoms with Crippen LogP contribution in [0.4, 0.5) is 0 Å². The van der Waals surface area contributed by atoms with E-state index in [0.29, 0.717) is 6.61 Å². The third-order valence-electron chi connectivity index (χ3n) is 2.50. The molecule has 0 bridgehead atoms. The fourth-order valence-electron chi connectivity index (χ4n) is 1.81. The number of ether oxygens (including phenoxy) is 1. The van der Waals surface area contributed by atoms with Crippen molar-refractivity contribution >= 4 is 5.97 Å². The Labute approximate surface area is 91.2 Å². The second-order valence-electron chi connectivity index (χ2n) is 3.66. The Morgan fingerprint density at radius 1 is 1.53 bits per heavy atom. The first-order valence-electron chi connectivity index (χ1n) is 5.51. The van der Waals surface area contributed by atoms with Gasteiger partial charge in [-0.2, -0.15) is 0 Å². The predicted molar refractivity (Wildman–Crippen MR) is 60.0 cm³/mol. The predicted octanol–water partition coefficient (Wildman–Crippen LogP) is 2.36. The topological polar surface area (TPSA) is 38.3 Å². The summed E-state index contributed by atoms with van der Waals surface area (Å²) in [6.45, 7) is 6.29. The lowest BCUT2D eigenvalue weighted by atomic mass is 9.91. The molecule has 0 radical (unpaired) electrons. The molecule has 0 saturated heterocycles. The zero-order chi connectivity index (χ0) is 11.3. The molecule has 1 N–H and O–H groups in total. The van der Waals surface area contributed by atoms with E-state index in [1.54, 1.807) is 0 Å². The van der Waals surface area contributed by atoms with Crippen LogP contribution in [-0.2, 0) is 9.53 Å². The highest BCUT2D eigenvalue weighted by molar-refractivity contribution is 5.90. The maximum atomic E-state index is 11.7. The summed E-state index contributed by atoms with van der Waals surface area (Å²) in [5, 5.41) is 3.06. The van der Waals surface area contributed by atoms with E-state index in [1.807, 2.05) is 26.1 Å². The van der Waals surface area contributed by atoms with Crippen molar-refractivity contribution in [2.75, 3.05) is 6.61 Å². The van der Waals surface area contributed by atoms with Crippen molar-refractivity contribution in [3.05, 3.63) is 23.5 Å². The molecule has 0 amide bonds. The molecule has 1 unspecified atom stereocenters. The van der Waals surface area contributed by atoms with E-state index in [0.717, 1.165) is 24.1 Å². The van der Waals surface area contributed by atoms with E-state index >= 15 is 0 Å². The fraction of sp³-hybridized carbons (Fsp3) is 0.583. The fourth-order valence-corrected chi connectivity index (χ4v) is 1.81. The van der Waals surface area contributed by atoms with Crippen molar-refractivity contribution < 1.29 is 9.53 Å². The second-order valence-corrected chi connectivity index (χ2v) is 3.66. The molecule has 0 aliphatic carbocycles. The van der Waals surface area contributed by atoms with Gasteiger partial charge in [0.1, 0.15) is 0 Å². The summed E-state index contributed by atoms with van der Waals surface area (Å²) in [4.78, 5) is 11.7. The van der Waals surface area contributed by atoms with Crippen molar-refractivity contribution in [3.8, 4) is 0 Å². The molecule has 0 spiro atoms. The summed E-state index contributed by atoms with van der Waals surface area (Å²) < 4.78 is 5.06. The van der Waals surface area contributed by atoms with E-state index in [4.69, 9.17) is 4.74 Å². The summed E-state index contributed by atoms with van der Waals surface area (Å²) in [7, 11) is 0. The maximum absolute atomic E-state index is 11.7. The van der Waals surface area contributed by atoms with Gasteiger partial charge in [0.05, 0.1) is 12.2 Å². The summed E-state index contributed by atoms with van der Waals surface area (Å²) >= 11 is 0. The molecule has 1 atom stereocenters. The molecular formula is C12H19NO2. The number of hydrogen-bond acceptors (Lipinski definition) is 3. The van der Waals surface area contributed by atoms with E-state index in [9.17, 15) is 4.79 Å². The Hall–Kier alpha value is -1.25. The highest BCUT2D eigenvalue weighted by Gasteiger charge is 2.24. The lowest BCUT2D eigenvalue weighted by Crippen LogP contribution is -2.23. The van der Waals surface area contributed by atoms with Crippen LogP contribution in [0.3, 0.4) is 0 Å². The standard InChI is InChI=1S/C12H19NO2/c1-4-6-10-7-8-13-9(3)11(10)12(14)15-5-2/h7-8,10,13H,4-6H2,1-3H3. The van der Waals surface area contributed by atoms with Crippen molar-refractivity contribution in [3.63, 3.8) is 0 Å². The average molecular weight is 209 g/mol. The quantitative estimate of drug-likeness (QED) is 0.722. The van der Waals surface area contributed by atoms with Gasteiger partial charge < -0.3 is 10.1 Å². The van der Waals surface area contributed by atoms with E-state index in [1.165, 1.54) is 0 Å². The van der Waals surface area contributed by atoms with Crippen LogP contribution in [0, 0.1) is 5.92 Å². The molecule has 1 heterocycles. The van der Waals surface area contributed by atoms with Gasteiger partial charge in [0.15, 0.2) is 0 Å². The monoisotopic (exact) mass is 209 g/mol. The molecule has 3 heteroatoms. The first-order valence-corrected chi connectivity index (χ1v) is 5.51. The highest BCUT2D eigenvalue weighted by Crippen LogP contribution is 2.25. The zero-order valence-electron chi connectivity index (χ0n) is 9.67. The Morgan fingerprint density at radius 2 is 2.27 bits per heavy atom. The highest BCUT2D eigenvalue weighted by atomic mass is 16.5. The van der Waals surface area contributed by atoms with Gasteiger partial charge >= 0.3 is 5.97 Å². The second kappa shape index (κ2) is 5.59. The summed E-state index contributed by atoms with van der Waals surface area (Å²) in [6, 6.07) is 0. The number of esters is 1. The normalized spacial score (nSPS) is 20.1. The number of rotatable bonds is 4. The molecule has 15 heavy (non-hydrogen) atoms. The molecule has 84 valence electrons. The van der Waals surface area contributed by atoms with Gasteiger partial charge in [0, 0.05) is 11.6 Å². The molecule has 1 rings (SSSR count). The van der Waals surface area contributed by atoms with E-state index < -0.39 is 0 Å². The van der Waals surface area contributed by atoms with Crippen LogP contribution < -0.4 is 5.32 Å². The summed E-state index contributed by atoms with van der Waals surface area (Å²) in [6.07, 6.45) is 5.98. The van der Waals surface area contributed by atoms with Gasteiger partial charge in [0.2, 0.25) is 0 Å². The number of carbonyl (C=O) groups is 1. The number of nitrogens with one attached hydrogen (secondary N) is 1. The van der Waals surface area contributed by atoms with Crippen molar-refractivity contribution in [1.82, 2.24) is 5.32 Å². The van der Waals surface area contributed by atoms with E-state index in [2.05, 4.69) is 12.2 Å². The van der Waals surface area contributed by atoms with Gasteiger partial charge in [-0.05, 0) is 26.5 Å². The van der Waals surface area contributed by atoms with Crippen LogP contribution in [0.15, 0.2) is 23.5 Å². The van der Waals surface area contributed by atoms with Crippen LogP contribution in [0.5, 0.6) is 0 Å². The molecule has 0 saturated carbocycles. The van der Waals surface area contributed by atoms with Crippen LogP contribution in [0.25, 0.3) is 0 Å². The van der Waals surface area contributed by atoms with Crippen LogP contribution in [0.1, 0.15) is 33.6 Å². The Balaban J connectivity index is 2.83. The van der Waals surface area contributed by atoms with Crippen LogP contribution >= 0.6 is 0 Å². The molecule has 0 aromatic heterocycles. The number of carbonyl (C=O) groups excluding carboxylic acids is 1. The number of hydrogen-bond donors (Lipinski definition) is 1. The molecule has 0 aromatic carbocycles. The minimum atomic E-state index is -0.190. The average Bonchev–Trinajstić information content (AvgIpc) is 2.18. The molecule has 3 nitrogen and oxygen atoms in total. The van der Waals surface area contributed by atoms with Gasteiger partial charge in [-0.25, -0.2) is 4.79 Å². The van der Waals surface area contributed by atoms with Crippen molar-refractivity contribution in [1.29, 1.82) is 0 Å². The Bertz CT molecular complexity index is 292. The molecule has 1 aliphatic rings. The minimum Gasteiger partial charge on any atom is -0.463 e. The maximum Gasteiger partial charge on any atom is 0.336 e. The minimum absolute atomic E-state index is 0.190. The first-order chi connectivity index (χ1) is 7.20. The summed E-state index contributed by atoms with van der Waals surface area (Å²) in [5.41, 5.74) is 1.69. The number of dihydropyridines is 1. The van der Waals surface area contributed by atoms with Gasteiger partial charge in [-0.1, -0.05) is 19.4 Å². The smallest absolute Gasteiger partial charge is 0.336 e. The van der Waals surface area contributed by atoms with Crippen molar-refractivity contribution in [2.24, 2.45) is 5.92 Å². The third-order valence-corrected chi connectivity index (χ3v) is 2.50. The number of allylic oxidation sites excluding steroid dienone is 2. The molecular weight excluding hydrogens is 190 g/mol. The van der Waals surface area contributed by atoms with Crippen LogP contribution in [-0.4, -0.2) is 12.6 Å². The summed E-state index contributed by atoms with van der Waals surface area (Å²) in [5.74, 6) is 0.0144. The Morgan fingerprint density at radius 3 is 2.87 bits per heavy atom. The molecule has 0 fully saturated rings. The lowest BCUT2D eigenvalue weighted by Gasteiger charge is -2.22. The Kier molecular flexibility index (Phi) is 4.40. The third kappa shape index (κ3) is 2.85. The van der Waals surface area contributed by atoms with Gasteiger partial charge in [-0.15, -0.1) is 0 Å². The molecule has 1 aliphatic heterocycles. The van der Waals surface area contributed by atoms with Gasteiger partial charge in [-0.3, -0.25) is 0 Å².